The average molecular weight is 486 g/mol. The van der Waals surface area contributed by atoms with E-state index < -0.39 is 0 Å². The summed E-state index contributed by atoms with van der Waals surface area (Å²) < 4.78 is 5.88. The molecule has 0 spiro atoms. The zero-order valence-electron chi connectivity index (χ0n) is 20.7. The molecule has 5 rings (SSSR count). The predicted molar refractivity (Wildman–Crippen MR) is 137 cm³/mol. The number of phenols is 1. The molecule has 2 aliphatic heterocycles. The van der Waals surface area contributed by atoms with E-state index >= 15 is 0 Å². The molecule has 3 aromatic rings. The van der Waals surface area contributed by atoms with Crippen molar-refractivity contribution < 1.29 is 19.4 Å². The number of fused-ring (bicyclic) bond motifs is 2. The van der Waals surface area contributed by atoms with Gasteiger partial charge in [0.05, 0.1) is 12.2 Å². The molecule has 2 heterocycles. The number of amides is 2. The second-order valence-corrected chi connectivity index (χ2v) is 9.76. The standard InChI is InChI=1S/C29H31N3O4/c1-30(2)12-5-13-36-25-10-8-23-18-32(19-24(23)14-25)29(35)26-15-20(9-11-27(26)33)28(34)31-16-21-6-3-4-7-22(21)17-31/h3-4,6-11,14-15,33H,5,12-13,16-19H2,1-2H3. The summed E-state index contributed by atoms with van der Waals surface area (Å²) in [6, 6.07) is 18.5. The number of carbonyl (C=O) groups excluding carboxylic acids is 2. The normalized spacial score (nSPS) is 14.2. The molecule has 0 unspecified atom stereocenters. The number of hydrogen-bond acceptors (Lipinski definition) is 5. The van der Waals surface area contributed by atoms with Gasteiger partial charge in [-0.1, -0.05) is 30.3 Å². The van der Waals surface area contributed by atoms with Gasteiger partial charge in [-0.2, -0.15) is 0 Å². The van der Waals surface area contributed by atoms with Crippen molar-refractivity contribution in [3.8, 4) is 11.5 Å². The lowest BCUT2D eigenvalue weighted by Crippen LogP contribution is -2.27. The minimum atomic E-state index is -0.295. The predicted octanol–water partition coefficient (Wildman–Crippen LogP) is 4.03. The molecule has 0 aliphatic carbocycles. The molecule has 7 heteroatoms. The summed E-state index contributed by atoms with van der Waals surface area (Å²) >= 11 is 0. The van der Waals surface area contributed by atoms with E-state index in [-0.39, 0.29) is 23.1 Å². The highest BCUT2D eigenvalue weighted by Gasteiger charge is 2.29. The minimum absolute atomic E-state index is 0.123. The molecule has 2 amide bonds. The molecule has 0 atom stereocenters. The van der Waals surface area contributed by atoms with Gasteiger partial charge in [0.15, 0.2) is 0 Å². The highest BCUT2D eigenvalue weighted by atomic mass is 16.5. The van der Waals surface area contributed by atoms with Gasteiger partial charge in [-0.25, -0.2) is 0 Å². The van der Waals surface area contributed by atoms with E-state index in [1.807, 2.05) is 56.6 Å². The fourth-order valence-corrected chi connectivity index (χ4v) is 4.85. The second-order valence-electron chi connectivity index (χ2n) is 9.76. The molecule has 0 fully saturated rings. The lowest BCUT2D eigenvalue weighted by molar-refractivity contribution is 0.0747. The van der Waals surface area contributed by atoms with Gasteiger partial charge >= 0.3 is 0 Å². The zero-order valence-corrected chi connectivity index (χ0v) is 20.7. The van der Waals surface area contributed by atoms with Crippen molar-refractivity contribution >= 4 is 11.8 Å². The molecule has 7 nitrogen and oxygen atoms in total. The van der Waals surface area contributed by atoms with Crippen molar-refractivity contribution in [2.45, 2.75) is 32.6 Å². The van der Waals surface area contributed by atoms with E-state index in [4.69, 9.17) is 4.74 Å². The number of carbonyl (C=O) groups is 2. The molecule has 0 saturated carbocycles. The lowest BCUT2D eigenvalue weighted by Gasteiger charge is -2.19. The van der Waals surface area contributed by atoms with Crippen LogP contribution in [0.15, 0.2) is 60.7 Å². The third-order valence-electron chi connectivity index (χ3n) is 6.81. The van der Waals surface area contributed by atoms with Crippen LogP contribution in [0.4, 0.5) is 0 Å². The summed E-state index contributed by atoms with van der Waals surface area (Å²) in [7, 11) is 4.08. The van der Waals surface area contributed by atoms with Crippen molar-refractivity contribution in [1.29, 1.82) is 0 Å². The number of aromatic hydroxyl groups is 1. The Balaban J connectivity index is 1.26. The van der Waals surface area contributed by atoms with Crippen LogP contribution in [0.25, 0.3) is 0 Å². The average Bonchev–Trinajstić information content (AvgIpc) is 3.50. The van der Waals surface area contributed by atoms with E-state index in [1.165, 1.54) is 12.1 Å². The maximum absolute atomic E-state index is 13.4. The van der Waals surface area contributed by atoms with Gasteiger partial charge in [0.1, 0.15) is 11.5 Å². The van der Waals surface area contributed by atoms with Gasteiger partial charge < -0.3 is 24.5 Å². The first-order chi connectivity index (χ1) is 17.4. The van der Waals surface area contributed by atoms with E-state index in [1.54, 1.807) is 15.9 Å². The number of phenolic OH excluding ortho intramolecular Hbond substituents is 1. The molecule has 0 bridgehead atoms. The fourth-order valence-electron chi connectivity index (χ4n) is 4.85. The molecule has 3 aromatic carbocycles. The summed E-state index contributed by atoms with van der Waals surface area (Å²) in [6.45, 7) is 3.57. The Labute approximate surface area is 211 Å². The molecule has 186 valence electrons. The largest absolute Gasteiger partial charge is 0.507 e. The van der Waals surface area contributed by atoms with Crippen LogP contribution in [0.1, 0.15) is 49.4 Å². The van der Waals surface area contributed by atoms with Gasteiger partial charge in [0.25, 0.3) is 11.8 Å². The Hall–Kier alpha value is -3.84. The second kappa shape index (κ2) is 10.0. The molecule has 0 aromatic heterocycles. The maximum Gasteiger partial charge on any atom is 0.258 e. The van der Waals surface area contributed by atoms with Crippen molar-refractivity contribution in [1.82, 2.24) is 14.7 Å². The van der Waals surface area contributed by atoms with Crippen LogP contribution in [0.5, 0.6) is 11.5 Å². The first-order valence-electron chi connectivity index (χ1n) is 12.3. The fraction of sp³-hybridized carbons (Fsp3) is 0.310. The van der Waals surface area contributed by atoms with Crippen LogP contribution in [0.2, 0.25) is 0 Å². The molecule has 36 heavy (non-hydrogen) atoms. The van der Waals surface area contributed by atoms with E-state index in [9.17, 15) is 14.7 Å². The zero-order chi connectivity index (χ0) is 25.2. The first-order valence-corrected chi connectivity index (χ1v) is 12.3. The van der Waals surface area contributed by atoms with Crippen LogP contribution in [0, 0.1) is 0 Å². The van der Waals surface area contributed by atoms with Crippen LogP contribution >= 0.6 is 0 Å². The third-order valence-corrected chi connectivity index (χ3v) is 6.81. The van der Waals surface area contributed by atoms with Crippen LogP contribution < -0.4 is 4.74 Å². The van der Waals surface area contributed by atoms with Gasteiger partial charge in [-0.3, -0.25) is 9.59 Å². The minimum Gasteiger partial charge on any atom is -0.507 e. The van der Waals surface area contributed by atoms with Crippen LogP contribution in [-0.4, -0.2) is 58.9 Å². The van der Waals surface area contributed by atoms with Gasteiger partial charge in [0.2, 0.25) is 0 Å². The molecule has 0 saturated heterocycles. The highest BCUT2D eigenvalue weighted by molar-refractivity contribution is 6.01. The summed E-state index contributed by atoms with van der Waals surface area (Å²) in [5.41, 5.74) is 4.91. The Morgan fingerprint density at radius 2 is 1.47 bits per heavy atom. The van der Waals surface area contributed by atoms with Crippen LogP contribution in [-0.2, 0) is 26.2 Å². The highest BCUT2D eigenvalue weighted by Crippen LogP contribution is 2.31. The van der Waals surface area contributed by atoms with Crippen molar-refractivity contribution in [2.75, 3.05) is 27.2 Å². The summed E-state index contributed by atoms with van der Waals surface area (Å²) in [4.78, 5) is 32.1. The van der Waals surface area contributed by atoms with Crippen LogP contribution in [0.3, 0.4) is 0 Å². The number of nitrogens with zero attached hydrogens (tertiary/aromatic N) is 3. The van der Waals surface area contributed by atoms with Crippen molar-refractivity contribution in [3.05, 3.63) is 94.0 Å². The van der Waals surface area contributed by atoms with Gasteiger partial charge in [0, 0.05) is 38.3 Å². The van der Waals surface area contributed by atoms with Gasteiger partial charge in [-0.05, 0) is 73.1 Å². The molecular formula is C29H31N3O4. The summed E-state index contributed by atoms with van der Waals surface area (Å²) in [6.07, 6.45) is 0.937. The lowest BCUT2D eigenvalue weighted by atomic mass is 10.1. The Morgan fingerprint density at radius 3 is 2.17 bits per heavy atom. The Kier molecular flexibility index (Phi) is 6.65. The molecule has 0 radical (unpaired) electrons. The summed E-state index contributed by atoms with van der Waals surface area (Å²) in [5, 5.41) is 10.5. The monoisotopic (exact) mass is 485 g/mol. The quantitative estimate of drug-likeness (QED) is 0.512. The van der Waals surface area contributed by atoms with E-state index in [2.05, 4.69) is 4.90 Å². The van der Waals surface area contributed by atoms with Crippen molar-refractivity contribution in [2.24, 2.45) is 0 Å². The number of rotatable bonds is 7. The molecular weight excluding hydrogens is 454 g/mol. The third kappa shape index (κ3) is 4.93. The van der Waals surface area contributed by atoms with E-state index in [0.717, 1.165) is 41.0 Å². The molecule has 2 aliphatic rings. The maximum atomic E-state index is 13.4. The SMILES string of the molecule is CN(C)CCCOc1ccc2c(c1)CN(C(=O)c1cc(C(=O)N3Cc4ccccc4C3)ccc1O)C2. The Bertz CT molecular complexity index is 1280. The smallest absolute Gasteiger partial charge is 0.258 e. The topological polar surface area (TPSA) is 73.3 Å². The first kappa shape index (κ1) is 23.9. The van der Waals surface area contributed by atoms with Crippen molar-refractivity contribution in [3.63, 3.8) is 0 Å². The number of benzene rings is 3. The molecule has 1 N–H and O–H groups in total. The number of hydrogen-bond donors (Lipinski definition) is 1. The Morgan fingerprint density at radius 1 is 0.833 bits per heavy atom. The van der Waals surface area contributed by atoms with E-state index in [0.29, 0.717) is 38.3 Å². The summed E-state index contributed by atoms with van der Waals surface area (Å²) in [5.74, 6) is 0.225. The number of ether oxygens (including phenoxy) is 1. The van der Waals surface area contributed by atoms with Gasteiger partial charge in [-0.15, -0.1) is 0 Å².